The molecule has 0 saturated heterocycles. The molecule has 2 heterocycles. The van der Waals surface area contributed by atoms with E-state index in [2.05, 4.69) is 15.4 Å². The maximum atomic E-state index is 11.1. The molecule has 0 bridgehead atoms. The van der Waals surface area contributed by atoms with Gasteiger partial charge in [-0.2, -0.15) is 5.10 Å². The molecule has 7 heteroatoms. The molecule has 1 aliphatic carbocycles. The molecule has 3 rings (SSSR count). The minimum absolute atomic E-state index is 0.449. The molecule has 0 saturated carbocycles. The van der Waals surface area contributed by atoms with Crippen LogP contribution in [0.5, 0.6) is 0 Å². The number of hydrogen-bond acceptors (Lipinski definition) is 5. The molecule has 0 radical (unpaired) electrons. The van der Waals surface area contributed by atoms with Gasteiger partial charge in [-0.3, -0.25) is 9.48 Å². The van der Waals surface area contributed by atoms with Gasteiger partial charge in [-0.05, 0) is 19.8 Å². The van der Waals surface area contributed by atoms with Gasteiger partial charge in [0, 0.05) is 23.7 Å². The standard InChI is InChI=1S/C12H14N4O2S/c1-2-16-6-5-9(15-16)13-12-14-10-7(11(17)18)3-4-8(10)19-12/h5-7H,2-4H2,1H3,(H,17,18)(H,13,14,15). The van der Waals surface area contributed by atoms with Crippen molar-refractivity contribution in [3.8, 4) is 0 Å². The number of carboxylic acid groups (broad SMARTS) is 1. The Balaban J connectivity index is 1.80. The molecular weight excluding hydrogens is 264 g/mol. The summed E-state index contributed by atoms with van der Waals surface area (Å²) in [5.74, 6) is -0.498. The van der Waals surface area contributed by atoms with Crippen molar-refractivity contribution in [2.75, 3.05) is 5.32 Å². The first-order valence-corrected chi connectivity index (χ1v) is 7.02. The van der Waals surface area contributed by atoms with Crippen LogP contribution in [0.15, 0.2) is 12.3 Å². The Hall–Kier alpha value is -1.89. The lowest BCUT2D eigenvalue weighted by atomic mass is 10.1. The van der Waals surface area contributed by atoms with Crippen molar-refractivity contribution in [2.24, 2.45) is 0 Å². The van der Waals surface area contributed by atoms with Gasteiger partial charge >= 0.3 is 5.97 Å². The molecule has 2 N–H and O–H groups in total. The summed E-state index contributed by atoms with van der Waals surface area (Å²) >= 11 is 1.52. The Bertz CT molecular complexity index is 619. The molecule has 2 aromatic rings. The molecule has 6 nitrogen and oxygen atoms in total. The molecule has 0 aromatic carbocycles. The number of aryl methyl sites for hydroxylation is 2. The van der Waals surface area contributed by atoms with Gasteiger partial charge in [-0.15, -0.1) is 11.3 Å². The maximum Gasteiger partial charge on any atom is 0.312 e. The van der Waals surface area contributed by atoms with Crippen molar-refractivity contribution in [3.63, 3.8) is 0 Å². The monoisotopic (exact) mass is 278 g/mol. The Morgan fingerprint density at radius 2 is 2.53 bits per heavy atom. The highest BCUT2D eigenvalue weighted by atomic mass is 32.1. The molecule has 0 spiro atoms. The lowest BCUT2D eigenvalue weighted by Crippen LogP contribution is -2.08. The van der Waals surface area contributed by atoms with E-state index in [-0.39, 0.29) is 0 Å². The average Bonchev–Trinajstić information content (AvgIpc) is 3.03. The molecule has 1 aliphatic rings. The van der Waals surface area contributed by atoms with E-state index in [1.165, 1.54) is 11.3 Å². The highest BCUT2D eigenvalue weighted by Gasteiger charge is 2.32. The van der Waals surface area contributed by atoms with Crippen LogP contribution in [0.2, 0.25) is 0 Å². The number of carboxylic acids is 1. The van der Waals surface area contributed by atoms with Crippen molar-refractivity contribution in [3.05, 3.63) is 22.8 Å². The number of hydrogen-bond donors (Lipinski definition) is 2. The van der Waals surface area contributed by atoms with E-state index in [9.17, 15) is 4.79 Å². The van der Waals surface area contributed by atoms with Crippen molar-refractivity contribution in [1.82, 2.24) is 14.8 Å². The number of rotatable bonds is 4. The Labute approximate surface area is 114 Å². The molecule has 0 amide bonds. The van der Waals surface area contributed by atoms with E-state index >= 15 is 0 Å². The van der Waals surface area contributed by atoms with Crippen LogP contribution < -0.4 is 5.32 Å². The summed E-state index contributed by atoms with van der Waals surface area (Å²) in [7, 11) is 0. The Morgan fingerprint density at radius 3 is 3.21 bits per heavy atom. The van der Waals surface area contributed by atoms with Crippen LogP contribution in [0.4, 0.5) is 10.9 Å². The van der Waals surface area contributed by atoms with Crippen molar-refractivity contribution in [1.29, 1.82) is 0 Å². The first kappa shape index (κ1) is 12.2. The zero-order chi connectivity index (χ0) is 13.4. The number of thiazole rings is 1. The first-order valence-electron chi connectivity index (χ1n) is 6.20. The molecular formula is C12H14N4O2S. The highest BCUT2D eigenvalue weighted by Crippen LogP contribution is 2.38. The van der Waals surface area contributed by atoms with E-state index in [4.69, 9.17) is 5.11 Å². The number of nitrogens with one attached hydrogen (secondary N) is 1. The van der Waals surface area contributed by atoms with E-state index < -0.39 is 11.9 Å². The number of aromatic nitrogens is 3. The number of nitrogens with zero attached hydrogens (tertiary/aromatic N) is 3. The zero-order valence-corrected chi connectivity index (χ0v) is 11.3. The smallest absolute Gasteiger partial charge is 0.312 e. The quantitative estimate of drug-likeness (QED) is 0.896. The number of carbonyl (C=O) groups is 1. The van der Waals surface area contributed by atoms with Crippen molar-refractivity contribution >= 4 is 28.3 Å². The first-order chi connectivity index (χ1) is 9.17. The van der Waals surface area contributed by atoms with E-state index in [0.29, 0.717) is 6.42 Å². The second-order valence-corrected chi connectivity index (χ2v) is 5.52. The van der Waals surface area contributed by atoms with Gasteiger partial charge < -0.3 is 10.4 Å². The second-order valence-electron chi connectivity index (χ2n) is 4.44. The summed E-state index contributed by atoms with van der Waals surface area (Å²) in [4.78, 5) is 16.6. The van der Waals surface area contributed by atoms with Crippen molar-refractivity contribution < 1.29 is 9.90 Å². The molecule has 2 aromatic heterocycles. The van der Waals surface area contributed by atoms with Gasteiger partial charge in [0.2, 0.25) is 0 Å². The predicted molar refractivity (Wildman–Crippen MR) is 72.0 cm³/mol. The topological polar surface area (TPSA) is 80.0 Å². The van der Waals surface area contributed by atoms with Gasteiger partial charge in [-0.25, -0.2) is 4.98 Å². The fourth-order valence-corrected chi connectivity index (χ4v) is 3.28. The van der Waals surface area contributed by atoms with Crippen molar-refractivity contribution in [2.45, 2.75) is 32.2 Å². The van der Waals surface area contributed by atoms with Crippen LogP contribution >= 0.6 is 11.3 Å². The minimum Gasteiger partial charge on any atom is -0.481 e. The van der Waals surface area contributed by atoms with Crippen LogP contribution in [0.25, 0.3) is 0 Å². The third-order valence-electron chi connectivity index (χ3n) is 3.22. The van der Waals surface area contributed by atoms with Gasteiger partial charge in [0.15, 0.2) is 10.9 Å². The van der Waals surface area contributed by atoms with E-state index in [1.807, 2.05) is 23.9 Å². The summed E-state index contributed by atoms with van der Waals surface area (Å²) in [6.45, 7) is 2.84. The van der Waals surface area contributed by atoms with Crippen LogP contribution in [0.3, 0.4) is 0 Å². The lowest BCUT2D eigenvalue weighted by Gasteiger charge is -2.01. The lowest BCUT2D eigenvalue weighted by molar-refractivity contribution is -0.138. The average molecular weight is 278 g/mol. The third kappa shape index (κ3) is 2.21. The summed E-state index contributed by atoms with van der Waals surface area (Å²) < 4.78 is 1.82. The summed E-state index contributed by atoms with van der Waals surface area (Å²) in [5, 5.41) is 17.3. The predicted octanol–water partition coefficient (Wildman–Crippen LogP) is 2.22. The number of anilines is 2. The number of fused-ring (bicyclic) bond motifs is 1. The highest BCUT2D eigenvalue weighted by molar-refractivity contribution is 7.15. The van der Waals surface area contributed by atoms with Crippen LogP contribution in [0, 0.1) is 0 Å². The molecule has 1 atom stereocenters. The SMILES string of the molecule is CCn1ccc(Nc2nc3c(s2)CCC3C(=O)O)n1. The molecule has 19 heavy (non-hydrogen) atoms. The van der Waals surface area contributed by atoms with Crippen LogP contribution in [-0.4, -0.2) is 25.8 Å². The fourth-order valence-electron chi connectivity index (χ4n) is 2.23. The van der Waals surface area contributed by atoms with Crippen LogP contribution in [0.1, 0.15) is 29.8 Å². The van der Waals surface area contributed by atoms with E-state index in [1.54, 1.807) is 0 Å². The summed E-state index contributed by atoms with van der Waals surface area (Å²) in [6, 6.07) is 1.88. The fraction of sp³-hybridized carbons (Fsp3) is 0.417. The van der Waals surface area contributed by atoms with E-state index in [0.717, 1.165) is 34.5 Å². The van der Waals surface area contributed by atoms with Gasteiger partial charge in [0.05, 0.1) is 5.69 Å². The molecule has 0 fully saturated rings. The molecule has 1 unspecified atom stereocenters. The number of aliphatic carboxylic acids is 1. The molecule has 0 aliphatic heterocycles. The minimum atomic E-state index is -0.786. The van der Waals surface area contributed by atoms with Gasteiger partial charge in [0.1, 0.15) is 5.92 Å². The summed E-state index contributed by atoms with van der Waals surface area (Å²) in [6.07, 6.45) is 3.35. The summed E-state index contributed by atoms with van der Waals surface area (Å²) in [5.41, 5.74) is 0.718. The zero-order valence-electron chi connectivity index (χ0n) is 10.5. The normalized spacial score (nSPS) is 17.4. The Morgan fingerprint density at radius 1 is 1.68 bits per heavy atom. The second kappa shape index (κ2) is 4.65. The largest absolute Gasteiger partial charge is 0.481 e. The van der Waals surface area contributed by atoms with Gasteiger partial charge in [0.25, 0.3) is 0 Å². The third-order valence-corrected chi connectivity index (χ3v) is 4.26. The molecule has 100 valence electrons. The van der Waals surface area contributed by atoms with Gasteiger partial charge in [-0.1, -0.05) is 0 Å². The maximum absolute atomic E-state index is 11.1. The van der Waals surface area contributed by atoms with Crippen LogP contribution in [-0.2, 0) is 17.8 Å². The Kier molecular flexibility index (Phi) is 2.98.